The van der Waals surface area contributed by atoms with E-state index in [2.05, 4.69) is 0 Å². The van der Waals surface area contributed by atoms with Crippen molar-refractivity contribution in [2.75, 3.05) is 6.61 Å². The zero-order chi connectivity index (χ0) is 23.5. The van der Waals surface area contributed by atoms with Crippen LogP contribution in [0, 0.1) is 0 Å². The first-order chi connectivity index (χ1) is 16.7. The molecule has 5 rings (SSSR count). The third-order valence-electron chi connectivity index (χ3n) is 5.91. The van der Waals surface area contributed by atoms with Crippen LogP contribution in [0.2, 0.25) is 0 Å². The Labute approximate surface area is 197 Å². The molecule has 170 valence electrons. The molecule has 1 aliphatic heterocycles. The number of amides is 1. The van der Waals surface area contributed by atoms with Crippen molar-refractivity contribution in [2.24, 2.45) is 0 Å². The van der Waals surface area contributed by atoms with Crippen molar-refractivity contribution in [1.82, 2.24) is 9.88 Å². The Morgan fingerprint density at radius 1 is 0.971 bits per heavy atom. The topological polar surface area (TPSA) is 72.6 Å². The van der Waals surface area contributed by atoms with E-state index in [1.807, 2.05) is 78.9 Å². The second kappa shape index (κ2) is 9.35. The van der Waals surface area contributed by atoms with E-state index < -0.39 is 12.0 Å². The molecule has 1 aliphatic rings. The molecule has 6 nitrogen and oxygen atoms in total. The number of esters is 1. The fourth-order valence-electron chi connectivity index (χ4n) is 4.28. The van der Waals surface area contributed by atoms with Crippen LogP contribution in [0.5, 0.6) is 0 Å². The highest BCUT2D eigenvalue weighted by Crippen LogP contribution is 2.34. The van der Waals surface area contributed by atoms with E-state index in [9.17, 15) is 9.59 Å². The molecular formula is C28H24N2O4. The lowest BCUT2D eigenvalue weighted by Crippen LogP contribution is -2.44. The Bertz CT molecular complexity index is 1260. The van der Waals surface area contributed by atoms with E-state index in [1.165, 1.54) is 0 Å². The van der Waals surface area contributed by atoms with Gasteiger partial charge in [-0.1, -0.05) is 78.9 Å². The van der Waals surface area contributed by atoms with E-state index in [1.54, 1.807) is 17.9 Å². The van der Waals surface area contributed by atoms with Crippen molar-refractivity contribution in [2.45, 2.75) is 25.9 Å². The maximum Gasteiger partial charge on any atom is 0.329 e. The van der Waals surface area contributed by atoms with E-state index in [-0.39, 0.29) is 18.9 Å². The number of oxazole rings is 1. The van der Waals surface area contributed by atoms with Gasteiger partial charge in [0, 0.05) is 23.2 Å². The third-order valence-corrected chi connectivity index (χ3v) is 5.91. The molecule has 1 aromatic heterocycles. The number of carbonyl (C=O) groups excluding carboxylic acids is 2. The molecule has 0 saturated heterocycles. The summed E-state index contributed by atoms with van der Waals surface area (Å²) in [6.07, 6.45) is 0.116. The van der Waals surface area contributed by atoms with E-state index in [0.29, 0.717) is 29.5 Å². The van der Waals surface area contributed by atoms with Crippen LogP contribution >= 0.6 is 0 Å². The maximum atomic E-state index is 13.1. The summed E-state index contributed by atoms with van der Waals surface area (Å²) in [6, 6.07) is 26.1. The van der Waals surface area contributed by atoms with Crippen molar-refractivity contribution in [3.05, 3.63) is 102 Å². The number of nitrogens with zero attached hydrogens (tertiary/aromatic N) is 2. The van der Waals surface area contributed by atoms with Gasteiger partial charge in [-0.25, -0.2) is 9.78 Å². The van der Waals surface area contributed by atoms with Crippen molar-refractivity contribution in [3.63, 3.8) is 0 Å². The van der Waals surface area contributed by atoms with Crippen molar-refractivity contribution >= 4 is 11.9 Å². The third kappa shape index (κ3) is 4.10. The fraction of sp³-hybridized carbons (Fsp3) is 0.179. The molecule has 1 amide bonds. The van der Waals surface area contributed by atoms with Crippen LogP contribution in [-0.4, -0.2) is 34.4 Å². The summed E-state index contributed by atoms with van der Waals surface area (Å²) in [6.45, 7) is 2.32. The van der Waals surface area contributed by atoms with Crippen LogP contribution in [0.3, 0.4) is 0 Å². The Kier molecular flexibility index (Phi) is 5.95. The number of rotatable bonds is 7. The average Bonchev–Trinajstić information content (AvgIpc) is 3.45. The molecule has 0 radical (unpaired) electrons. The molecule has 3 aromatic carbocycles. The molecule has 0 aliphatic carbocycles. The summed E-state index contributed by atoms with van der Waals surface area (Å²) >= 11 is 0. The summed E-state index contributed by atoms with van der Waals surface area (Å²) in [5.74, 6) is 0.344. The fourth-order valence-corrected chi connectivity index (χ4v) is 4.28. The minimum atomic E-state index is -0.842. The summed E-state index contributed by atoms with van der Waals surface area (Å²) in [5, 5.41) is 0. The number of benzene rings is 3. The molecule has 0 saturated carbocycles. The van der Waals surface area contributed by atoms with E-state index in [4.69, 9.17) is 14.1 Å². The molecule has 1 unspecified atom stereocenters. The Morgan fingerprint density at radius 3 is 2.29 bits per heavy atom. The van der Waals surface area contributed by atoms with Gasteiger partial charge < -0.3 is 14.1 Å². The first-order valence-corrected chi connectivity index (χ1v) is 11.3. The predicted molar refractivity (Wildman–Crippen MR) is 128 cm³/mol. The largest absolute Gasteiger partial charge is 0.464 e. The van der Waals surface area contributed by atoms with Crippen LogP contribution in [-0.2, 0) is 22.5 Å². The van der Waals surface area contributed by atoms with Gasteiger partial charge in [-0.05, 0) is 18.6 Å². The average molecular weight is 453 g/mol. The lowest BCUT2D eigenvalue weighted by molar-refractivity contribution is -0.148. The first-order valence-electron chi connectivity index (χ1n) is 11.3. The lowest BCUT2D eigenvalue weighted by atomic mass is 10.1. The molecule has 0 bridgehead atoms. The molecule has 0 N–H and O–H groups in total. The minimum Gasteiger partial charge on any atom is -0.464 e. The second-order valence-electron chi connectivity index (χ2n) is 8.08. The van der Waals surface area contributed by atoms with Crippen LogP contribution < -0.4 is 0 Å². The van der Waals surface area contributed by atoms with Crippen LogP contribution in [0.15, 0.2) is 89.3 Å². The van der Waals surface area contributed by atoms with Gasteiger partial charge in [-0.3, -0.25) is 4.79 Å². The summed E-state index contributed by atoms with van der Waals surface area (Å²) in [7, 11) is 0. The Hall–Kier alpha value is -4.19. The number of ether oxygens (including phenoxy) is 1. The van der Waals surface area contributed by atoms with Crippen molar-refractivity contribution in [1.29, 1.82) is 0 Å². The second-order valence-corrected chi connectivity index (χ2v) is 8.08. The molecule has 0 fully saturated rings. The van der Waals surface area contributed by atoms with Crippen molar-refractivity contribution in [3.8, 4) is 22.6 Å². The molecule has 34 heavy (non-hydrogen) atoms. The lowest BCUT2D eigenvalue weighted by Gasteiger charge is -2.25. The molecule has 1 atom stereocenters. The number of hydrogen-bond donors (Lipinski definition) is 0. The molecule has 6 heteroatoms. The Balaban J connectivity index is 1.52. The summed E-state index contributed by atoms with van der Waals surface area (Å²) < 4.78 is 11.6. The van der Waals surface area contributed by atoms with E-state index >= 15 is 0 Å². The highest BCUT2D eigenvalue weighted by molar-refractivity contribution is 6.00. The highest BCUT2D eigenvalue weighted by atomic mass is 16.5. The number of aromatic nitrogens is 1. The van der Waals surface area contributed by atoms with E-state index in [0.717, 1.165) is 16.7 Å². The van der Waals surface area contributed by atoms with Crippen LogP contribution in [0.25, 0.3) is 22.6 Å². The highest BCUT2D eigenvalue weighted by Gasteiger charge is 2.38. The van der Waals surface area contributed by atoms with Gasteiger partial charge in [0.05, 0.1) is 13.0 Å². The smallest absolute Gasteiger partial charge is 0.329 e. The Morgan fingerprint density at radius 2 is 1.62 bits per heavy atom. The van der Waals surface area contributed by atoms with Gasteiger partial charge in [0.15, 0.2) is 11.7 Å². The molecule has 0 spiro atoms. The number of hydrogen-bond acceptors (Lipinski definition) is 5. The summed E-state index contributed by atoms with van der Waals surface area (Å²) in [5.41, 5.74) is 4.00. The SMILES string of the molecule is CCOC(=O)C(Cc1nc(-c2ccccc2)c(-c2ccccc2)o1)N1Cc2ccccc2C1=O. The normalized spacial score (nSPS) is 13.6. The molecular weight excluding hydrogens is 428 g/mol. The van der Waals surface area contributed by atoms with Gasteiger partial charge in [-0.15, -0.1) is 0 Å². The maximum absolute atomic E-state index is 13.1. The minimum absolute atomic E-state index is 0.116. The van der Waals surface area contributed by atoms with Gasteiger partial charge in [0.2, 0.25) is 0 Å². The number of fused-ring (bicyclic) bond motifs is 1. The molecule has 2 heterocycles. The zero-order valence-corrected chi connectivity index (χ0v) is 18.8. The van der Waals surface area contributed by atoms with Crippen molar-refractivity contribution < 1.29 is 18.7 Å². The first kappa shape index (κ1) is 21.6. The predicted octanol–water partition coefficient (Wildman–Crippen LogP) is 5.14. The zero-order valence-electron chi connectivity index (χ0n) is 18.8. The van der Waals surface area contributed by atoms with Crippen LogP contribution in [0.1, 0.15) is 28.7 Å². The van der Waals surface area contributed by atoms with Gasteiger partial charge in [0.1, 0.15) is 11.7 Å². The standard InChI is InChI=1S/C28H24N2O4/c1-2-33-28(32)23(30-18-21-15-9-10-16-22(21)27(30)31)17-24-29-25(19-11-5-3-6-12-19)26(34-24)20-13-7-4-8-14-20/h3-16,23H,2,17-18H2,1H3. The number of carbonyl (C=O) groups is 2. The quantitative estimate of drug-likeness (QED) is 0.363. The molecule has 4 aromatic rings. The van der Waals surface area contributed by atoms with Gasteiger partial charge in [-0.2, -0.15) is 0 Å². The summed E-state index contributed by atoms with van der Waals surface area (Å²) in [4.78, 5) is 32.4. The van der Waals surface area contributed by atoms with Gasteiger partial charge >= 0.3 is 5.97 Å². The monoisotopic (exact) mass is 452 g/mol. The van der Waals surface area contributed by atoms with Gasteiger partial charge in [0.25, 0.3) is 5.91 Å². The van der Waals surface area contributed by atoms with Crippen LogP contribution in [0.4, 0.5) is 0 Å².